The van der Waals surface area contributed by atoms with Crippen molar-refractivity contribution in [3.8, 4) is 0 Å². The summed E-state index contributed by atoms with van der Waals surface area (Å²) in [5.41, 5.74) is 2.85. The first-order chi connectivity index (χ1) is 16.0. The van der Waals surface area contributed by atoms with Crippen molar-refractivity contribution in [1.82, 2.24) is 4.31 Å². The minimum atomic E-state index is -3.58. The maximum atomic E-state index is 12.7. The molecule has 9 heteroatoms. The Morgan fingerprint density at radius 2 is 1.35 bits per heavy atom. The van der Waals surface area contributed by atoms with Crippen LogP contribution < -0.4 is 0 Å². The minimum Gasteiger partial charge on any atom is -0.481 e. The number of aryl methyl sites for hydroxylation is 1. The molecule has 0 saturated carbocycles. The lowest BCUT2D eigenvalue weighted by atomic mass is 10.1. The first kappa shape index (κ1) is 25.6. The Hall–Kier alpha value is -3.01. The van der Waals surface area contributed by atoms with Gasteiger partial charge in [0.05, 0.1) is 23.3 Å². The van der Waals surface area contributed by atoms with E-state index >= 15 is 0 Å². The van der Waals surface area contributed by atoms with Crippen molar-refractivity contribution < 1.29 is 26.7 Å². The summed E-state index contributed by atoms with van der Waals surface area (Å²) in [5.74, 6) is -0.977. The van der Waals surface area contributed by atoms with E-state index < -0.39 is 25.8 Å². The van der Waals surface area contributed by atoms with Crippen molar-refractivity contribution in [2.45, 2.75) is 30.8 Å². The van der Waals surface area contributed by atoms with E-state index in [9.17, 15) is 21.6 Å². The maximum absolute atomic E-state index is 12.7. The fourth-order valence-electron chi connectivity index (χ4n) is 3.53. The van der Waals surface area contributed by atoms with Gasteiger partial charge < -0.3 is 5.11 Å². The number of rotatable bonds is 11. The molecule has 3 aromatic carbocycles. The molecular weight excluding hydrogens is 474 g/mol. The largest absolute Gasteiger partial charge is 0.481 e. The van der Waals surface area contributed by atoms with Crippen LogP contribution in [0.4, 0.5) is 0 Å². The second-order valence-corrected chi connectivity index (χ2v) is 12.2. The van der Waals surface area contributed by atoms with E-state index in [-0.39, 0.29) is 30.2 Å². The van der Waals surface area contributed by atoms with E-state index in [1.165, 1.54) is 16.4 Å². The zero-order chi connectivity index (χ0) is 24.8. The summed E-state index contributed by atoms with van der Waals surface area (Å²) in [7, 11) is -7.05. The monoisotopic (exact) mass is 501 g/mol. The van der Waals surface area contributed by atoms with E-state index in [1.54, 1.807) is 36.4 Å². The predicted molar refractivity (Wildman–Crippen MR) is 131 cm³/mol. The highest BCUT2D eigenvalue weighted by Gasteiger charge is 2.19. The molecular formula is C25H27NO6S2. The molecule has 0 spiro atoms. The molecule has 1 N–H and O–H groups in total. The molecule has 3 aromatic rings. The topological polar surface area (TPSA) is 109 Å². The number of carboxylic acid groups (broad SMARTS) is 1. The molecule has 0 bridgehead atoms. The lowest BCUT2D eigenvalue weighted by Gasteiger charge is -2.20. The van der Waals surface area contributed by atoms with E-state index in [2.05, 4.69) is 0 Å². The van der Waals surface area contributed by atoms with Crippen LogP contribution in [-0.2, 0) is 50.6 Å². The lowest BCUT2D eigenvalue weighted by molar-refractivity contribution is -0.136. The highest BCUT2D eigenvalue weighted by atomic mass is 32.2. The van der Waals surface area contributed by atoms with Crippen molar-refractivity contribution in [3.63, 3.8) is 0 Å². The van der Waals surface area contributed by atoms with Crippen LogP contribution in [-0.4, -0.2) is 44.2 Å². The Labute approximate surface area is 200 Å². The molecule has 0 aromatic heterocycles. The number of benzene rings is 3. The zero-order valence-electron chi connectivity index (χ0n) is 18.8. The van der Waals surface area contributed by atoms with Gasteiger partial charge in [0, 0.05) is 13.1 Å². The van der Waals surface area contributed by atoms with Gasteiger partial charge in [-0.1, -0.05) is 66.7 Å². The number of aliphatic carboxylic acids is 1. The molecule has 34 heavy (non-hydrogen) atoms. The van der Waals surface area contributed by atoms with E-state index in [0.717, 1.165) is 11.8 Å². The summed E-state index contributed by atoms with van der Waals surface area (Å²) in [5, 5.41) is 8.99. The van der Waals surface area contributed by atoms with Crippen molar-refractivity contribution in [2.24, 2.45) is 0 Å². The first-order valence-corrected chi connectivity index (χ1v) is 14.1. The Morgan fingerprint density at radius 3 is 1.97 bits per heavy atom. The molecule has 0 amide bonds. The van der Waals surface area contributed by atoms with Crippen LogP contribution in [0.1, 0.15) is 22.3 Å². The normalized spacial score (nSPS) is 12.1. The van der Waals surface area contributed by atoms with Gasteiger partial charge in [0.2, 0.25) is 10.0 Å². The SMILES string of the molecule is CS(=O)(=O)N(Cc1ccc(S(=O)(=O)CCc2ccccc2)cc1)Cc1cccc(CC(=O)O)c1. The third-order valence-electron chi connectivity index (χ3n) is 5.32. The molecule has 0 fully saturated rings. The van der Waals surface area contributed by atoms with Crippen molar-refractivity contribution in [3.05, 3.63) is 101 Å². The maximum Gasteiger partial charge on any atom is 0.307 e. The summed E-state index contributed by atoms with van der Waals surface area (Å²) in [6.07, 6.45) is 1.37. The van der Waals surface area contributed by atoms with Gasteiger partial charge in [-0.2, -0.15) is 4.31 Å². The van der Waals surface area contributed by atoms with Crippen LogP contribution in [0.25, 0.3) is 0 Å². The summed E-state index contributed by atoms with van der Waals surface area (Å²) in [4.78, 5) is 11.2. The number of carbonyl (C=O) groups is 1. The summed E-state index contributed by atoms with van der Waals surface area (Å²) in [6.45, 7) is 0.135. The quantitative estimate of drug-likeness (QED) is 0.432. The van der Waals surface area contributed by atoms with E-state index in [4.69, 9.17) is 5.11 Å². The van der Waals surface area contributed by atoms with Crippen LogP contribution in [0.5, 0.6) is 0 Å². The van der Waals surface area contributed by atoms with Crippen molar-refractivity contribution in [1.29, 1.82) is 0 Å². The molecule has 0 atom stereocenters. The molecule has 3 rings (SSSR count). The summed E-state index contributed by atoms with van der Waals surface area (Å²) < 4.78 is 51.4. The first-order valence-electron chi connectivity index (χ1n) is 10.6. The third-order valence-corrected chi connectivity index (χ3v) is 8.25. The van der Waals surface area contributed by atoms with E-state index in [0.29, 0.717) is 23.1 Å². The van der Waals surface area contributed by atoms with Crippen LogP contribution >= 0.6 is 0 Å². The third kappa shape index (κ3) is 7.51. The molecule has 0 aliphatic heterocycles. The van der Waals surface area contributed by atoms with Crippen LogP contribution in [0.15, 0.2) is 83.8 Å². The molecule has 180 valence electrons. The van der Waals surface area contributed by atoms with Crippen LogP contribution in [0.3, 0.4) is 0 Å². The Balaban J connectivity index is 1.71. The average Bonchev–Trinajstić information content (AvgIpc) is 2.78. The molecule has 0 aliphatic rings. The summed E-state index contributed by atoms with van der Waals surface area (Å²) in [6, 6.07) is 22.4. The lowest BCUT2D eigenvalue weighted by Crippen LogP contribution is -2.29. The fraction of sp³-hybridized carbons (Fsp3) is 0.240. The van der Waals surface area contributed by atoms with Gasteiger partial charge >= 0.3 is 5.97 Å². The number of carboxylic acids is 1. The number of sulfonamides is 1. The number of hydrogen-bond donors (Lipinski definition) is 1. The molecule has 0 unspecified atom stereocenters. The van der Waals surface area contributed by atoms with Gasteiger partial charge in [-0.3, -0.25) is 4.79 Å². The second-order valence-electron chi connectivity index (χ2n) is 8.12. The van der Waals surface area contributed by atoms with Gasteiger partial charge in [0.25, 0.3) is 0 Å². The van der Waals surface area contributed by atoms with Gasteiger partial charge in [-0.25, -0.2) is 16.8 Å². The Morgan fingerprint density at radius 1 is 0.765 bits per heavy atom. The second kappa shape index (κ2) is 10.9. The van der Waals surface area contributed by atoms with Gasteiger partial charge in [0.1, 0.15) is 0 Å². The molecule has 0 radical (unpaired) electrons. The number of hydrogen-bond acceptors (Lipinski definition) is 5. The van der Waals surface area contributed by atoms with Gasteiger partial charge in [-0.15, -0.1) is 0 Å². The van der Waals surface area contributed by atoms with Crippen molar-refractivity contribution >= 4 is 25.8 Å². The Kier molecular flexibility index (Phi) is 8.24. The predicted octanol–water partition coefficient (Wildman–Crippen LogP) is 3.29. The molecule has 0 aliphatic carbocycles. The fourth-order valence-corrected chi connectivity index (χ4v) is 5.59. The average molecular weight is 502 g/mol. The standard InChI is InChI=1S/C25H27NO6S2/c1-33(29,30)26(19-23-9-5-8-22(16-23)17-25(27)28)18-21-10-12-24(13-11-21)34(31,32)15-14-20-6-3-2-4-7-20/h2-13,16H,14-15,17-19H2,1H3,(H,27,28). The molecule has 7 nitrogen and oxygen atoms in total. The number of sulfone groups is 1. The zero-order valence-corrected chi connectivity index (χ0v) is 20.4. The summed E-state index contributed by atoms with van der Waals surface area (Å²) >= 11 is 0. The van der Waals surface area contributed by atoms with Gasteiger partial charge in [-0.05, 0) is 40.8 Å². The van der Waals surface area contributed by atoms with Gasteiger partial charge in [0.15, 0.2) is 9.84 Å². The van der Waals surface area contributed by atoms with Crippen molar-refractivity contribution in [2.75, 3.05) is 12.0 Å². The minimum absolute atomic E-state index is 0.0154. The number of nitrogens with zero attached hydrogens (tertiary/aromatic N) is 1. The smallest absolute Gasteiger partial charge is 0.307 e. The molecule has 0 saturated heterocycles. The van der Waals surface area contributed by atoms with Crippen LogP contribution in [0, 0.1) is 0 Å². The van der Waals surface area contributed by atoms with E-state index in [1.807, 2.05) is 30.3 Å². The van der Waals surface area contributed by atoms with Crippen LogP contribution in [0.2, 0.25) is 0 Å². The highest BCUT2D eigenvalue weighted by molar-refractivity contribution is 7.91. The highest BCUT2D eigenvalue weighted by Crippen LogP contribution is 2.18. The molecule has 0 heterocycles. The Bertz CT molecular complexity index is 1340.